The van der Waals surface area contributed by atoms with Crippen LogP contribution in [-0.4, -0.2) is 23.0 Å². The fourth-order valence-electron chi connectivity index (χ4n) is 3.08. The quantitative estimate of drug-likeness (QED) is 0.521. The summed E-state index contributed by atoms with van der Waals surface area (Å²) in [7, 11) is -2.74. The molecule has 0 saturated heterocycles. The number of hydrogen-bond donors (Lipinski definition) is 0. The van der Waals surface area contributed by atoms with Crippen LogP contribution in [0.4, 0.5) is 0 Å². The van der Waals surface area contributed by atoms with Gasteiger partial charge in [0, 0.05) is 5.41 Å². The van der Waals surface area contributed by atoms with Crippen molar-refractivity contribution < 1.29 is 4.43 Å². The highest BCUT2D eigenvalue weighted by molar-refractivity contribution is 6.83. The molecule has 0 fully saturated rings. The second-order valence-electron chi connectivity index (χ2n) is 8.03. The normalized spacial score (nSPS) is 20.8. The van der Waals surface area contributed by atoms with Gasteiger partial charge in [-0.3, -0.25) is 0 Å². The number of hydrogen-bond acceptors (Lipinski definition) is 1. The maximum absolute atomic E-state index is 6.14. The van der Waals surface area contributed by atoms with Crippen LogP contribution in [0.15, 0.2) is 22.9 Å². The van der Waals surface area contributed by atoms with E-state index in [1.165, 1.54) is 11.1 Å². The Hall–Kier alpha value is -0.126. The van der Waals surface area contributed by atoms with Crippen LogP contribution < -0.4 is 0 Å². The second-order valence-corrected chi connectivity index (χ2v) is 17.5. The minimum absolute atomic E-state index is 0.183. The van der Waals surface area contributed by atoms with Gasteiger partial charge >= 0.3 is 0 Å². The molecule has 0 atom stereocenters. The predicted octanol–water partition coefficient (Wildman–Crippen LogP) is 5.00. The van der Waals surface area contributed by atoms with Crippen molar-refractivity contribution in [1.29, 1.82) is 0 Å². The fourth-order valence-corrected chi connectivity index (χ4v) is 6.96. The molecule has 0 aromatic rings. The van der Waals surface area contributed by atoms with E-state index >= 15 is 0 Å². The first-order valence-corrected chi connectivity index (χ1v) is 13.8. The average molecular weight is 283 g/mol. The first-order valence-electron chi connectivity index (χ1n) is 6.91. The molecule has 1 rings (SSSR count). The van der Waals surface area contributed by atoms with Gasteiger partial charge in [0.15, 0.2) is 8.32 Å². The molecule has 1 aliphatic rings. The summed E-state index contributed by atoms with van der Waals surface area (Å²) in [5.41, 5.74) is 3.09. The molecule has 0 unspecified atom stereocenters. The van der Waals surface area contributed by atoms with Gasteiger partial charge in [-0.1, -0.05) is 50.8 Å². The SMILES string of the molecule is C=C1CC(CO[Si](C)(C)C)=C([Si](C)(C)C)C1(C)C. The molecule has 0 aromatic carbocycles. The average Bonchev–Trinajstić information content (AvgIpc) is 2.32. The van der Waals surface area contributed by atoms with E-state index in [0.717, 1.165) is 13.0 Å². The minimum Gasteiger partial charge on any atom is -0.414 e. The molecule has 0 N–H and O–H groups in total. The Labute approximate surface area is 115 Å². The van der Waals surface area contributed by atoms with Gasteiger partial charge in [-0.25, -0.2) is 0 Å². The van der Waals surface area contributed by atoms with Crippen molar-refractivity contribution in [2.75, 3.05) is 6.61 Å². The highest BCUT2D eigenvalue weighted by Gasteiger charge is 2.42. The predicted molar refractivity (Wildman–Crippen MR) is 87.2 cm³/mol. The zero-order valence-electron chi connectivity index (χ0n) is 13.5. The summed E-state index contributed by atoms with van der Waals surface area (Å²) in [6.45, 7) is 23.9. The lowest BCUT2D eigenvalue weighted by Gasteiger charge is -2.33. The molecule has 0 heterocycles. The van der Waals surface area contributed by atoms with Crippen LogP contribution >= 0.6 is 0 Å². The van der Waals surface area contributed by atoms with E-state index in [-0.39, 0.29) is 5.41 Å². The van der Waals surface area contributed by atoms with Gasteiger partial charge in [0.05, 0.1) is 14.7 Å². The summed E-state index contributed by atoms with van der Waals surface area (Å²) >= 11 is 0. The standard InChI is InChI=1S/C15H30OSi2/c1-12-10-13(11-16-18(7,8)9)14(15(12,2)3)17(4,5)6/h1,10-11H2,2-9H3. The van der Waals surface area contributed by atoms with Crippen LogP contribution in [-0.2, 0) is 4.43 Å². The Morgan fingerprint density at radius 1 is 1.11 bits per heavy atom. The molecule has 0 aromatic heterocycles. The third-order valence-electron chi connectivity index (χ3n) is 3.72. The van der Waals surface area contributed by atoms with Gasteiger partial charge < -0.3 is 4.43 Å². The zero-order chi connectivity index (χ0) is 14.4. The number of allylic oxidation sites excluding steroid dienone is 2. The Kier molecular flexibility index (Phi) is 4.22. The Morgan fingerprint density at radius 2 is 1.61 bits per heavy atom. The monoisotopic (exact) mass is 282 g/mol. The van der Waals surface area contributed by atoms with Crippen molar-refractivity contribution in [2.24, 2.45) is 5.41 Å². The third kappa shape index (κ3) is 3.46. The molecule has 0 amide bonds. The van der Waals surface area contributed by atoms with Crippen molar-refractivity contribution in [3.05, 3.63) is 22.9 Å². The molecular weight excluding hydrogens is 252 g/mol. The van der Waals surface area contributed by atoms with Crippen LogP contribution in [0.2, 0.25) is 39.3 Å². The highest BCUT2D eigenvalue weighted by atomic mass is 28.4. The maximum atomic E-state index is 6.14. The summed E-state index contributed by atoms with van der Waals surface area (Å²) in [4.78, 5) is 0. The first-order chi connectivity index (χ1) is 7.86. The highest BCUT2D eigenvalue weighted by Crippen LogP contribution is 2.49. The summed E-state index contributed by atoms with van der Waals surface area (Å²) in [6, 6.07) is 0. The van der Waals surface area contributed by atoms with Gasteiger partial charge in [-0.2, -0.15) is 0 Å². The van der Waals surface area contributed by atoms with Gasteiger partial charge in [0.1, 0.15) is 0 Å². The fraction of sp³-hybridized carbons (Fsp3) is 0.733. The van der Waals surface area contributed by atoms with Gasteiger partial charge in [-0.15, -0.1) is 0 Å². The summed E-state index contributed by atoms with van der Waals surface area (Å²) in [6.07, 6.45) is 1.05. The van der Waals surface area contributed by atoms with Crippen LogP contribution in [0, 0.1) is 5.41 Å². The maximum Gasteiger partial charge on any atom is 0.184 e. The summed E-state index contributed by atoms with van der Waals surface area (Å²) in [5.74, 6) is 0. The van der Waals surface area contributed by atoms with Crippen LogP contribution in [0.5, 0.6) is 0 Å². The van der Waals surface area contributed by atoms with E-state index in [1.807, 2.05) is 0 Å². The lowest BCUT2D eigenvalue weighted by molar-refractivity contribution is 0.344. The van der Waals surface area contributed by atoms with Crippen LogP contribution in [0.3, 0.4) is 0 Å². The molecule has 0 spiro atoms. The van der Waals surface area contributed by atoms with Gasteiger partial charge in [0.2, 0.25) is 0 Å². The van der Waals surface area contributed by atoms with E-state index in [0.29, 0.717) is 0 Å². The Balaban J connectivity index is 3.08. The molecular formula is C15H30OSi2. The molecule has 104 valence electrons. The summed E-state index contributed by atoms with van der Waals surface area (Å²) < 4.78 is 6.14. The largest absolute Gasteiger partial charge is 0.414 e. The first kappa shape index (κ1) is 15.9. The zero-order valence-corrected chi connectivity index (χ0v) is 15.5. The Morgan fingerprint density at radius 3 is 2.00 bits per heavy atom. The lowest BCUT2D eigenvalue weighted by atomic mass is 9.89. The molecule has 0 radical (unpaired) electrons. The Bertz CT molecular complexity index is 378. The van der Waals surface area contributed by atoms with E-state index in [4.69, 9.17) is 4.43 Å². The molecule has 0 saturated carbocycles. The minimum atomic E-state index is -1.43. The second kappa shape index (κ2) is 4.76. The van der Waals surface area contributed by atoms with E-state index in [9.17, 15) is 0 Å². The molecule has 0 aliphatic heterocycles. The topological polar surface area (TPSA) is 9.23 Å². The molecule has 1 nitrogen and oxygen atoms in total. The number of rotatable bonds is 4. The van der Waals surface area contributed by atoms with Crippen molar-refractivity contribution in [2.45, 2.75) is 59.6 Å². The molecule has 0 bridgehead atoms. The van der Waals surface area contributed by atoms with Gasteiger partial charge in [0.25, 0.3) is 0 Å². The molecule has 1 aliphatic carbocycles. The van der Waals surface area contributed by atoms with E-state index in [2.05, 4.69) is 59.7 Å². The summed E-state index contributed by atoms with van der Waals surface area (Å²) in [5, 5.41) is 1.68. The van der Waals surface area contributed by atoms with E-state index in [1.54, 1.807) is 5.20 Å². The lowest BCUT2D eigenvalue weighted by Crippen LogP contribution is -2.34. The smallest absolute Gasteiger partial charge is 0.184 e. The third-order valence-corrected chi connectivity index (χ3v) is 7.21. The van der Waals surface area contributed by atoms with Crippen LogP contribution in [0.1, 0.15) is 20.3 Å². The van der Waals surface area contributed by atoms with Crippen molar-refractivity contribution in [3.8, 4) is 0 Å². The molecule has 18 heavy (non-hydrogen) atoms. The van der Waals surface area contributed by atoms with E-state index < -0.39 is 16.4 Å². The van der Waals surface area contributed by atoms with Crippen molar-refractivity contribution >= 4 is 16.4 Å². The van der Waals surface area contributed by atoms with Gasteiger partial charge in [-0.05, 0) is 31.6 Å². The van der Waals surface area contributed by atoms with Crippen LogP contribution in [0.25, 0.3) is 0 Å². The molecule has 3 heteroatoms. The van der Waals surface area contributed by atoms with Crippen molar-refractivity contribution in [1.82, 2.24) is 0 Å². The van der Waals surface area contributed by atoms with Crippen molar-refractivity contribution in [3.63, 3.8) is 0 Å².